The van der Waals surface area contributed by atoms with Crippen LogP contribution in [0.4, 0.5) is 4.79 Å². The Bertz CT molecular complexity index is 1040. The third kappa shape index (κ3) is 3.79. The molecule has 8 nitrogen and oxygen atoms in total. The lowest BCUT2D eigenvalue weighted by molar-refractivity contribution is 0.0184. The van der Waals surface area contributed by atoms with Crippen molar-refractivity contribution < 1.29 is 14.6 Å². The van der Waals surface area contributed by atoms with Crippen molar-refractivity contribution in [2.45, 2.75) is 52.2 Å². The molecule has 0 unspecified atom stereocenters. The van der Waals surface area contributed by atoms with Crippen molar-refractivity contribution in [2.75, 3.05) is 13.1 Å². The second-order valence-electron chi connectivity index (χ2n) is 8.56. The normalized spacial score (nSPS) is 15.8. The molecule has 0 bridgehead atoms. The van der Waals surface area contributed by atoms with E-state index < -0.39 is 5.60 Å². The van der Waals surface area contributed by atoms with E-state index in [0.29, 0.717) is 18.6 Å². The molecule has 3 aromatic rings. The fourth-order valence-corrected chi connectivity index (χ4v) is 3.85. The molecule has 8 heteroatoms. The number of aromatic hydroxyl groups is 1. The molecule has 1 fully saturated rings. The van der Waals surface area contributed by atoms with Gasteiger partial charge in [-0.05, 0) is 52.7 Å². The van der Waals surface area contributed by atoms with Crippen molar-refractivity contribution in [1.29, 1.82) is 0 Å². The van der Waals surface area contributed by atoms with Crippen molar-refractivity contribution >= 4 is 11.6 Å². The summed E-state index contributed by atoms with van der Waals surface area (Å²) in [6, 6.07) is 3.74. The van der Waals surface area contributed by atoms with Crippen LogP contribution in [0.1, 0.15) is 45.3 Å². The summed E-state index contributed by atoms with van der Waals surface area (Å²) in [6.45, 7) is 8.97. The average molecular weight is 397 g/mol. The van der Waals surface area contributed by atoms with Crippen molar-refractivity contribution in [1.82, 2.24) is 24.3 Å². The molecule has 0 radical (unpaired) electrons. The van der Waals surface area contributed by atoms with E-state index in [4.69, 9.17) is 4.74 Å². The van der Waals surface area contributed by atoms with Crippen LogP contribution in [0.15, 0.2) is 30.7 Å². The second-order valence-corrected chi connectivity index (χ2v) is 8.56. The molecule has 0 atom stereocenters. The zero-order valence-corrected chi connectivity index (χ0v) is 17.3. The summed E-state index contributed by atoms with van der Waals surface area (Å²) in [5, 5.41) is 19.1. The highest BCUT2D eigenvalue weighted by Crippen LogP contribution is 2.32. The molecule has 1 N–H and O–H groups in total. The van der Waals surface area contributed by atoms with E-state index >= 15 is 0 Å². The van der Waals surface area contributed by atoms with Crippen LogP contribution in [-0.4, -0.2) is 54.2 Å². The first-order chi connectivity index (χ1) is 13.7. The number of fused-ring (bicyclic) bond motifs is 1. The lowest BCUT2D eigenvalue weighted by atomic mass is 10.0. The minimum absolute atomic E-state index is 0.192. The molecular weight excluding hydrogens is 370 g/mol. The Morgan fingerprint density at radius 2 is 1.97 bits per heavy atom. The Hall–Kier alpha value is -3.03. The van der Waals surface area contributed by atoms with E-state index in [1.165, 1.54) is 0 Å². The first-order valence-electron chi connectivity index (χ1n) is 9.92. The van der Waals surface area contributed by atoms with Crippen molar-refractivity contribution in [3.8, 4) is 16.9 Å². The third-order valence-electron chi connectivity index (χ3n) is 5.30. The number of nitrogens with zero attached hydrogens (tertiary/aromatic N) is 5. The zero-order chi connectivity index (χ0) is 20.8. The number of amides is 1. The molecule has 4 rings (SSSR count). The lowest BCUT2D eigenvalue weighted by Gasteiger charge is -2.33. The molecule has 3 aromatic heterocycles. The van der Waals surface area contributed by atoms with Gasteiger partial charge in [-0.15, -0.1) is 0 Å². The van der Waals surface area contributed by atoms with Crippen molar-refractivity contribution in [2.24, 2.45) is 0 Å². The number of carbonyl (C=O) groups excluding carboxylic acids is 1. The van der Waals surface area contributed by atoms with Crippen LogP contribution in [0.3, 0.4) is 0 Å². The number of hydrogen-bond donors (Lipinski definition) is 1. The fraction of sp³-hybridized carbons (Fsp3) is 0.476. The summed E-state index contributed by atoms with van der Waals surface area (Å²) < 4.78 is 9.18. The Kier molecular flexibility index (Phi) is 4.72. The molecule has 1 aliphatic heterocycles. The molecule has 0 aromatic carbocycles. The third-order valence-corrected chi connectivity index (χ3v) is 5.30. The highest BCUT2D eigenvalue weighted by atomic mass is 16.6. The molecule has 4 heterocycles. The van der Waals surface area contributed by atoms with Gasteiger partial charge in [-0.2, -0.15) is 10.2 Å². The van der Waals surface area contributed by atoms with Gasteiger partial charge in [0, 0.05) is 36.1 Å². The van der Waals surface area contributed by atoms with E-state index in [2.05, 4.69) is 10.2 Å². The van der Waals surface area contributed by atoms with Crippen LogP contribution in [0, 0.1) is 6.92 Å². The summed E-state index contributed by atoms with van der Waals surface area (Å²) in [5.74, 6) is 0.192. The highest BCUT2D eigenvalue weighted by molar-refractivity contribution is 5.71. The maximum atomic E-state index is 12.3. The first kappa shape index (κ1) is 19.3. The average Bonchev–Trinajstić information content (AvgIpc) is 3.27. The van der Waals surface area contributed by atoms with Crippen LogP contribution in [-0.2, 0) is 4.74 Å². The number of piperidine rings is 1. The second kappa shape index (κ2) is 7.09. The number of ether oxygens (including phenoxy) is 1. The van der Waals surface area contributed by atoms with Gasteiger partial charge in [0.05, 0.1) is 18.4 Å². The zero-order valence-electron chi connectivity index (χ0n) is 17.3. The number of aromatic nitrogens is 4. The molecule has 29 heavy (non-hydrogen) atoms. The molecule has 0 aliphatic carbocycles. The Morgan fingerprint density at radius 1 is 1.24 bits per heavy atom. The quantitative estimate of drug-likeness (QED) is 0.711. The molecule has 1 aliphatic rings. The molecule has 0 spiro atoms. The minimum atomic E-state index is -0.483. The van der Waals surface area contributed by atoms with Gasteiger partial charge in [0.25, 0.3) is 0 Å². The fourth-order valence-electron chi connectivity index (χ4n) is 3.85. The maximum absolute atomic E-state index is 12.3. The predicted octanol–water partition coefficient (Wildman–Crippen LogP) is 3.78. The summed E-state index contributed by atoms with van der Waals surface area (Å²) in [6.07, 6.45) is 6.79. The number of likely N-dealkylation sites (tertiary alicyclic amines) is 1. The van der Waals surface area contributed by atoms with Crippen LogP contribution in [0.25, 0.3) is 16.6 Å². The summed E-state index contributed by atoms with van der Waals surface area (Å²) in [7, 11) is 0. The number of rotatable bonds is 2. The van der Waals surface area contributed by atoms with Gasteiger partial charge in [0.1, 0.15) is 16.9 Å². The summed E-state index contributed by atoms with van der Waals surface area (Å²) in [4.78, 5) is 14.0. The van der Waals surface area contributed by atoms with Gasteiger partial charge < -0.3 is 14.7 Å². The van der Waals surface area contributed by atoms with Crippen LogP contribution >= 0.6 is 0 Å². The molecule has 154 valence electrons. The lowest BCUT2D eigenvalue weighted by Crippen LogP contribution is -2.42. The maximum Gasteiger partial charge on any atom is 0.410 e. The predicted molar refractivity (Wildman–Crippen MR) is 109 cm³/mol. The monoisotopic (exact) mass is 397 g/mol. The molecule has 1 saturated heterocycles. The van der Waals surface area contributed by atoms with Crippen molar-refractivity contribution in [3.05, 3.63) is 36.4 Å². The standard InChI is InChI=1S/C21H27N5O3/c1-14-17(15-11-19(27)18-5-8-22-25(18)13-15)12-23-26(14)16-6-9-24(10-7-16)20(28)29-21(2,3)4/h5,8,11-13,16,27H,6-7,9-10H2,1-4H3. The van der Waals surface area contributed by atoms with Gasteiger partial charge in [-0.25, -0.2) is 9.31 Å². The van der Waals surface area contributed by atoms with E-state index in [1.807, 2.05) is 44.8 Å². The van der Waals surface area contributed by atoms with Gasteiger partial charge in [-0.3, -0.25) is 4.68 Å². The van der Waals surface area contributed by atoms with Crippen molar-refractivity contribution in [3.63, 3.8) is 0 Å². The number of pyridine rings is 1. The SMILES string of the molecule is Cc1c(-c2cc(O)c3ccnn3c2)cnn1C1CCN(C(=O)OC(C)(C)C)CC1. The van der Waals surface area contributed by atoms with Crippen LogP contribution < -0.4 is 0 Å². The van der Waals surface area contributed by atoms with E-state index in [1.54, 1.807) is 27.7 Å². The van der Waals surface area contributed by atoms with Gasteiger partial charge >= 0.3 is 6.09 Å². The topological polar surface area (TPSA) is 84.9 Å². The largest absolute Gasteiger partial charge is 0.506 e. The minimum Gasteiger partial charge on any atom is -0.506 e. The van der Waals surface area contributed by atoms with Gasteiger partial charge in [-0.1, -0.05) is 0 Å². The smallest absolute Gasteiger partial charge is 0.410 e. The molecule has 0 saturated carbocycles. The van der Waals surface area contributed by atoms with Crippen LogP contribution in [0.5, 0.6) is 5.75 Å². The molecule has 1 amide bonds. The van der Waals surface area contributed by atoms with Gasteiger partial charge in [0.2, 0.25) is 0 Å². The Labute approximate surface area is 169 Å². The van der Waals surface area contributed by atoms with E-state index in [-0.39, 0.29) is 17.9 Å². The highest BCUT2D eigenvalue weighted by Gasteiger charge is 2.28. The van der Waals surface area contributed by atoms with Gasteiger partial charge in [0.15, 0.2) is 0 Å². The number of hydrogen-bond acceptors (Lipinski definition) is 5. The van der Waals surface area contributed by atoms with Crippen LogP contribution in [0.2, 0.25) is 0 Å². The Balaban J connectivity index is 1.50. The van der Waals surface area contributed by atoms with E-state index in [0.717, 1.165) is 29.7 Å². The molecular formula is C21H27N5O3. The summed E-state index contributed by atoms with van der Waals surface area (Å²) in [5.41, 5.74) is 3.06. The van der Waals surface area contributed by atoms with E-state index in [9.17, 15) is 9.90 Å². The number of carbonyl (C=O) groups is 1. The summed E-state index contributed by atoms with van der Waals surface area (Å²) >= 11 is 0. The Morgan fingerprint density at radius 3 is 2.66 bits per heavy atom. The first-order valence-corrected chi connectivity index (χ1v) is 9.92.